The third-order valence-electron chi connectivity index (χ3n) is 2.98. The van der Waals surface area contributed by atoms with Gasteiger partial charge in [0.2, 0.25) is 0 Å². The minimum atomic E-state index is 0.257. The molecule has 0 saturated heterocycles. The summed E-state index contributed by atoms with van der Waals surface area (Å²) in [6, 6.07) is 10.7. The molecule has 0 spiro atoms. The van der Waals surface area contributed by atoms with Gasteiger partial charge >= 0.3 is 0 Å². The van der Waals surface area contributed by atoms with Gasteiger partial charge in [-0.1, -0.05) is 40.2 Å². The van der Waals surface area contributed by atoms with Crippen molar-refractivity contribution in [3.05, 3.63) is 54.9 Å². The maximum atomic E-state index is 3.78. The molecule has 1 aliphatic carbocycles. The Hall–Kier alpha value is 0.360. The van der Waals surface area contributed by atoms with E-state index in [1.807, 2.05) is 0 Å². The summed E-state index contributed by atoms with van der Waals surface area (Å²) in [7, 11) is 0. The number of alkyl halides is 1. The van der Waals surface area contributed by atoms with Gasteiger partial charge in [-0.15, -0.1) is 0 Å². The summed E-state index contributed by atoms with van der Waals surface area (Å²) < 4.78 is 3.24. The van der Waals surface area contributed by atoms with Crippen molar-refractivity contribution >= 4 is 63.7 Å². The highest BCUT2D eigenvalue weighted by Gasteiger charge is 2.30. The van der Waals surface area contributed by atoms with Crippen LogP contribution in [0.5, 0.6) is 0 Å². The van der Waals surface area contributed by atoms with E-state index in [2.05, 4.69) is 94.1 Å². The third kappa shape index (κ3) is 1.79. The number of hydrogen-bond donors (Lipinski definition) is 0. The second kappa shape index (κ2) is 4.48. The quantitative estimate of drug-likeness (QED) is 0.300. The van der Waals surface area contributed by atoms with E-state index in [9.17, 15) is 0 Å². The first-order valence-corrected chi connectivity index (χ1v) is 8.31. The normalized spacial score (nSPS) is 16.8. The monoisotopic (exact) mass is 478 g/mol. The predicted octanol–water partition coefficient (Wildman–Crippen LogP) is 6.44. The molecule has 4 heteroatoms. The maximum Gasteiger partial charge on any atom is 0.0668 e. The maximum absolute atomic E-state index is 3.78. The fourth-order valence-electron chi connectivity index (χ4n) is 2.20. The molecule has 2 aromatic carbocycles. The van der Waals surface area contributed by atoms with E-state index >= 15 is 0 Å². The predicted molar refractivity (Wildman–Crippen MR) is 85.7 cm³/mol. The lowest BCUT2D eigenvalue weighted by atomic mass is 10.1. The molecular formula is C13H6Br4. The van der Waals surface area contributed by atoms with Crippen LogP contribution in [-0.2, 0) is 0 Å². The van der Waals surface area contributed by atoms with Crippen LogP contribution in [0.25, 0.3) is 11.1 Å². The molecule has 1 unspecified atom stereocenters. The Balaban J connectivity index is 2.39. The molecule has 0 N–H and O–H groups in total. The zero-order valence-corrected chi connectivity index (χ0v) is 14.8. The summed E-state index contributed by atoms with van der Waals surface area (Å²) >= 11 is 14.6. The van der Waals surface area contributed by atoms with Gasteiger partial charge < -0.3 is 0 Å². The van der Waals surface area contributed by atoms with E-state index in [4.69, 9.17) is 0 Å². The Morgan fingerprint density at radius 1 is 0.882 bits per heavy atom. The number of halogens is 4. The van der Waals surface area contributed by atoms with Gasteiger partial charge in [-0.25, -0.2) is 0 Å². The van der Waals surface area contributed by atoms with Gasteiger partial charge in [-0.3, -0.25) is 0 Å². The topological polar surface area (TPSA) is 0 Å². The molecule has 0 amide bonds. The van der Waals surface area contributed by atoms with E-state index in [0.29, 0.717) is 0 Å². The molecule has 0 aromatic heterocycles. The Morgan fingerprint density at radius 3 is 2.35 bits per heavy atom. The molecule has 0 saturated carbocycles. The Bertz CT molecular complexity index is 619. The van der Waals surface area contributed by atoms with Gasteiger partial charge in [0.1, 0.15) is 0 Å². The number of rotatable bonds is 0. The molecule has 86 valence electrons. The molecule has 17 heavy (non-hydrogen) atoms. The first-order chi connectivity index (χ1) is 8.11. The summed E-state index contributed by atoms with van der Waals surface area (Å²) in [6.45, 7) is 0. The Labute approximate surface area is 133 Å². The molecule has 3 rings (SSSR count). The van der Waals surface area contributed by atoms with Gasteiger partial charge in [0.05, 0.1) is 4.83 Å². The lowest BCUT2D eigenvalue weighted by Gasteiger charge is -2.10. The van der Waals surface area contributed by atoms with Crippen molar-refractivity contribution in [1.82, 2.24) is 0 Å². The van der Waals surface area contributed by atoms with Crippen LogP contribution in [0.1, 0.15) is 16.0 Å². The fraction of sp³-hybridized carbons (Fsp3) is 0.0769. The van der Waals surface area contributed by atoms with E-state index < -0.39 is 0 Å². The molecule has 1 atom stereocenters. The van der Waals surface area contributed by atoms with Crippen molar-refractivity contribution in [2.24, 2.45) is 0 Å². The molecular weight excluding hydrogens is 476 g/mol. The van der Waals surface area contributed by atoms with Crippen LogP contribution in [-0.4, -0.2) is 0 Å². The zero-order valence-electron chi connectivity index (χ0n) is 8.48. The van der Waals surface area contributed by atoms with Crippen LogP contribution in [0.2, 0.25) is 0 Å². The second-order valence-electron chi connectivity index (χ2n) is 3.90. The van der Waals surface area contributed by atoms with Crippen molar-refractivity contribution in [2.75, 3.05) is 0 Å². The summed E-state index contributed by atoms with van der Waals surface area (Å²) in [5.41, 5.74) is 5.21. The van der Waals surface area contributed by atoms with Crippen LogP contribution >= 0.6 is 63.7 Å². The van der Waals surface area contributed by atoms with Crippen molar-refractivity contribution in [3.63, 3.8) is 0 Å². The van der Waals surface area contributed by atoms with Crippen LogP contribution in [0, 0.1) is 0 Å². The molecule has 0 bridgehead atoms. The largest absolute Gasteiger partial charge is 0.0786 e. The highest BCUT2D eigenvalue weighted by Crippen LogP contribution is 2.53. The van der Waals surface area contributed by atoms with Crippen molar-refractivity contribution in [3.8, 4) is 11.1 Å². The lowest BCUT2D eigenvalue weighted by molar-refractivity contribution is 1.22. The Kier molecular flexibility index (Phi) is 3.27. The molecule has 2 aromatic rings. The average molecular weight is 482 g/mol. The van der Waals surface area contributed by atoms with E-state index in [1.165, 1.54) is 22.3 Å². The lowest BCUT2D eigenvalue weighted by Crippen LogP contribution is -1.88. The highest BCUT2D eigenvalue weighted by atomic mass is 79.9. The first-order valence-electron chi connectivity index (χ1n) is 5.02. The van der Waals surface area contributed by atoms with Crippen LogP contribution in [0.4, 0.5) is 0 Å². The Morgan fingerprint density at radius 2 is 1.59 bits per heavy atom. The fourth-order valence-corrected chi connectivity index (χ4v) is 5.06. The highest BCUT2D eigenvalue weighted by molar-refractivity contribution is 9.14. The standard InChI is InChI=1S/C13H6Br4/c14-9-5-8-6-3-1-2-4-7(6)11(15)10(8)13(17)12(9)16/h1-5,11H. The zero-order chi connectivity index (χ0) is 12.2. The van der Waals surface area contributed by atoms with Gasteiger partial charge in [0.15, 0.2) is 0 Å². The summed E-state index contributed by atoms with van der Waals surface area (Å²) in [5.74, 6) is 0. The van der Waals surface area contributed by atoms with E-state index in [1.54, 1.807) is 0 Å². The van der Waals surface area contributed by atoms with Crippen LogP contribution < -0.4 is 0 Å². The summed E-state index contributed by atoms with van der Waals surface area (Å²) in [6.07, 6.45) is 0. The van der Waals surface area contributed by atoms with E-state index in [-0.39, 0.29) is 4.83 Å². The minimum Gasteiger partial charge on any atom is -0.0786 e. The number of fused-ring (bicyclic) bond motifs is 3. The average Bonchev–Trinajstić information content (AvgIpc) is 2.61. The van der Waals surface area contributed by atoms with Crippen molar-refractivity contribution in [1.29, 1.82) is 0 Å². The first kappa shape index (κ1) is 12.4. The summed E-state index contributed by atoms with van der Waals surface area (Å²) in [4.78, 5) is 0.257. The minimum absolute atomic E-state index is 0.257. The van der Waals surface area contributed by atoms with Crippen LogP contribution in [0.15, 0.2) is 43.7 Å². The molecule has 0 heterocycles. The molecule has 0 nitrogen and oxygen atoms in total. The third-order valence-corrected chi connectivity index (χ3v) is 7.27. The molecule has 0 aliphatic heterocycles. The summed E-state index contributed by atoms with van der Waals surface area (Å²) in [5, 5.41) is 0. The van der Waals surface area contributed by atoms with Crippen LogP contribution in [0.3, 0.4) is 0 Å². The SMILES string of the molecule is Brc1cc2c(c(Br)c1Br)C(Br)c1ccccc1-2. The smallest absolute Gasteiger partial charge is 0.0668 e. The van der Waals surface area contributed by atoms with Gasteiger partial charge in [-0.2, -0.15) is 0 Å². The molecule has 1 aliphatic rings. The molecule has 0 fully saturated rings. The van der Waals surface area contributed by atoms with Gasteiger partial charge in [-0.05, 0) is 76.1 Å². The molecule has 0 radical (unpaired) electrons. The van der Waals surface area contributed by atoms with Gasteiger partial charge in [0, 0.05) is 13.4 Å². The number of benzene rings is 2. The van der Waals surface area contributed by atoms with Gasteiger partial charge in [0.25, 0.3) is 0 Å². The van der Waals surface area contributed by atoms with Crippen molar-refractivity contribution in [2.45, 2.75) is 4.83 Å². The number of hydrogen-bond acceptors (Lipinski definition) is 0. The van der Waals surface area contributed by atoms with E-state index in [0.717, 1.165) is 13.4 Å². The second-order valence-corrected chi connectivity index (χ2v) is 7.25. The van der Waals surface area contributed by atoms with Crippen molar-refractivity contribution < 1.29 is 0 Å².